The van der Waals surface area contributed by atoms with Crippen LogP contribution in [0.4, 0.5) is 11.4 Å². The van der Waals surface area contributed by atoms with E-state index >= 15 is 0 Å². The molecular formula is C35H41Cl2KN2O6S2. The predicted octanol–water partition coefficient (Wildman–Crippen LogP) is 4.70. The third-order valence-corrected chi connectivity index (χ3v) is 10.5. The van der Waals surface area contributed by atoms with E-state index in [0.717, 1.165) is 54.1 Å². The SMILES string of the molecule is CC1(C)C(=CC=CC=CC=CC2=[N+](CCCCS(=O)(=O)[O-])c3ccc(Cl)cc3C2(C)C)N(CCCCSOO[O-])c2ccc(Cl)cc21.[K+]. The van der Waals surface area contributed by atoms with E-state index in [1.54, 1.807) is 0 Å². The van der Waals surface area contributed by atoms with Gasteiger partial charge in [0.25, 0.3) is 0 Å². The molecular weight excluding hydrogens is 719 g/mol. The van der Waals surface area contributed by atoms with Crippen molar-refractivity contribution < 1.29 is 83.6 Å². The van der Waals surface area contributed by atoms with Crippen molar-refractivity contribution in [3.8, 4) is 0 Å². The van der Waals surface area contributed by atoms with Gasteiger partial charge in [-0.1, -0.05) is 67.4 Å². The fourth-order valence-electron chi connectivity index (χ4n) is 6.30. The van der Waals surface area contributed by atoms with Crippen LogP contribution < -0.4 is 61.5 Å². The summed E-state index contributed by atoms with van der Waals surface area (Å²) in [6.07, 6.45) is 16.9. The topological polar surface area (TPSA) is 105 Å². The Labute approximate surface area is 341 Å². The van der Waals surface area contributed by atoms with E-state index in [4.69, 9.17) is 23.2 Å². The maximum atomic E-state index is 11.1. The molecule has 13 heteroatoms. The van der Waals surface area contributed by atoms with Gasteiger partial charge in [0.2, 0.25) is 5.69 Å². The number of halogens is 2. The molecule has 0 aromatic heterocycles. The van der Waals surface area contributed by atoms with Crippen LogP contribution in [-0.4, -0.2) is 47.9 Å². The molecule has 0 fully saturated rings. The van der Waals surface area contributed by atoms with Gasteiger partial charge in [0.1, 0.15) is 6.54 Å². The molecule has 0 amide bonds. The molecule has 0 atom stereocenters. The Morgan fingerprint density at radius 2 is 1.56 bits per heavy atom. The van der Waals surface area contributed by atoms with Crippen LogP contribution in [0.15, 0.2) is 84.6 Å². The van der Waals surface area contributed by atoms with Gasteiger partial charge in [-0.25, -0.2) is 8.42 Å². The summed E-state index contributed by atoms with van der Waals surface area (Å²) in [5, 5.41) is 14.8. The van der Waals surface area contributed by atoms with Crippen molar-refractivity contribution >= 4 is 62.4 Å². The van der Waals surface area contributed by atoms with Gasteiger partial charge in [-0.15, -0.1) is 0 Å². The number of rotatable bonds is 16. The monoisotopic (exact) mass is 758 g/mol. The molecule has 2 aliphatic rings. The minimum Gasteiger partial charge on any atom is -0.748 e. The molecule has 0 N–H and O–H groups in total. The molecule has 4 rings (SSSR count). The zero-order chi connectivity index (χ0) is 34.2. The van der Waals surface area contributed by atoms with E-state index in [1.165, 1.54) is 11.3 Å². The second-order valence-corrected chi connectivity index (χ2v) is 15.8. The normalized spacial score (nSPS) is 17.7. The van der Waals surface area contributed by atoms with Gasteiger partial charge in [-0.2, -0.15) is 8.91 Å². The molecule has 2 heterocycles. The first-order valence-corrected chi connectivity index (χ1v) is 18.8. The molecule has 0 radical (unpaired) electrons. The molecule has 0 spiro atoms. The zero-order valence-corrected chi connectivity index (χ0v) is 34.3. The molecule has 254 valence electrons. The molecule has 2 aromatic rings. The average molecular weight is 760 g/mol. The van der Waals surface area contributed by atoms with Gasteiger partial charge in [0.05, 0.1) is 15.5 Å². The van der Waals surface area contributed by atoms with Gasteiger partial charge >= 0.3 is 51.4 Å². The van der Waals surface area contributed by atoms with Crippen molar-refractivity contribution in [2.45, 2.75) is 64.2 Å². The van der Waals surface area contributed by atoms with Crippen LogP contribution in [0, 0.1) is 0 Å². The van der Waals surface area contributed by atoms with E-state index in [2.05, 4.69) is 64.8 Å². The predicted molar refractivity (Wildman–Crippen MR) is 189 cm³/mol. The number of anilines is 1. The standard InChI is InChI=1S/C35H42Cl2N2O6S2.K/c1-34(2)28-24-26(36)16-18-30(28)38(20-10-12-22-46-45-44-40)32(34)14-8-6-5-7-9-15-33-35(3,4)29-25-27(37)17-19-31(29)39(33)21-11-13-23-47(41,42)43;/h5-9,14-19,24-25H,10-13,20-23H2,1-4H3,(H-,40,41,42,43);/q;+1/p-1. The first kappa shape index (κ1) is 41.6. The molecule has 48 heavy (non-hydrogen) atoms. The maximum absolute atomic E-state index is 11.1. The third-order valence-electron chi connectivity index (χ3n) is 8.62. The minimum absolute atomic E-state index is 0. The van der Waals surface area contributed by atoms with Crippen LogP contribution in [0.5, 0.6) is 0 Å². The smallest absolute Gasteiger partial charge is 0.748 e. The van der Waals surface area contributed by atoms with Gasteiger partial charge < -0.3 is 14.7 Å². The van der Waals surface area contributed by atoms with Crippen LogP contribution in [-0.2, 0) is 30.3 Å². The van der Waals surface area contributed by atoms with Crippen molar-refractivity contribution in [2.24, 2.45) is 0 Å². The van der Waals surface area contributed by atoms with Gasteiger partial charge in [-0.3, -0.25) is 5.04 Å². The van der Waals surface area contributed by atoms with Gasteiger partial charge in [0, 0.05) is 81.1 Å². The number of benzene rings is 2. The van der Waals surface area contributed by atoms with Crippen LogP contribution in [0.2, 0.25) is 10.0 Å². The Bertz CT molecular complexity index is 1700. The summed E-state index contributed by atoms with van der Waals surface area (Å²) in [6.45, 7) is 10.1. The van der Waals surface area contributed by atoms with Crippen molar-refractivity contribution in [1.82, 2.24) is 0 Å². The fourth-order valence-corrected chi connectivity index (χ4v) is 7.63. The fraction of sp³-hybridized carbons (Fsp3) is 0.400. The number of fused-ring (bicyclic) bond motifs is 2. The van der Waals surface area contributed by atoms with E-state index in [1.807, 2.05) is 60.7 Å². The number of nitrogens with zero attached hydrogens (tertiary/aromatic N) is 2. The summed E-state index contributed by atoms with van der Waals surface area (Å²) in [5.41, 5.74) is 6.13. The van der Waals surface area contributed by atoms with E-state index in [-0.39, 0.29) is 68.0 Å². The van der Waals surface area contributed by atoms with E-state index < -0.39 is 10.1 Å². The summed E-state index contributed by atoms with van der Waals surface area (Å²) in [4.78, 5) is 2.33. The van der Waals surface area contributed by atoms with Crippen LogP contribution >= 0.6 is 35.2 Å². The first-order chi connectivity index (χ1) is 22.3. The Balaban J connectivity index is 0.00000625. The molecule has 0 bridgehead atoms. The number of hydrogen-bond acceptors (Lipinski definition) is 8. The Hall–Kier alpha value is -0.774. The average Bonchev–Trinajstić information content (AvgIpc) is 3.33. The molecule has 0 saturated carbocycles. The van der Waals surface area contributed by atoms with Crippen molar-refractivity contribution in [3.63, 3.8) is 0 Å². The second-order valence-electron chi connectivity index (χ2n) is 12.6. The summed E-state index contributed by atoms with van der Waals surface area (Å²) < 4.78 is 39.9. The quantitative estimate of drug-likeness (QED) is 0.0355. The number of hydrogen-bond donors (Lipinski definition) is 0. The third kappa shape index (κ3) is 10.6. The van der Waals surface area contributed by atoms with Crippen molar-refractivity contribution in [2.75, 3.05) is 29.5 Å². The summed E-state index contributed by atoms with van der Waals surface area (Å²) in [5.74, 6) is 0.292. The van der Waals surface area contributed by atoms with Crippen LogP contribution in [0.1, 0.15) is 64.5 Å². The van der Waals surface area contributed by atoms with Gasteiger partial charge in [-0.05, 0) is 75.1 Å². The maximum Gasteiger partial charge on any atom is 1.00 e. The molecule has 0 unspecified atom stereocenters. The molecule has 0 aliphatic carbocycles. The van der Waals surface area contributed by atoms with Crippen molar-refractivity contribution in [1.29, 1.82) is 0 Å². The second kappa shape index (κ2) is 18.6. The van der Waals surface area contributed by atoms with E-state index in [0.29, 0.717) is 35.2 Å². The largest absolute Gasteiger partial charge is 1.00 e. The first-order valence-electron chi connectivity index (χ1n) is 15.5. The summed E-state index contributed by atoms with van der Waals surface area (Å²) in [6, 6.07) is 11.9. The number of unbranched alkanes of at least 4 members (excludes halogenated alkanes) is 2. The Morgan fingerprint density at radius 3 is 2.27 bits per heavy atom. The molecule has 2 aromatic carbocycles. The zero-order valence-electron chi connectivity index (χ0n) is 28.1. The van der Waals surface area contributed by atoms with E-state index in [9.17, 15) is 18.2 Å². The summed E-state index contributed by atoms with van der Waals surface area (Å²) >= 11 is 13.7. The molecule has 8 nitrogen and oxygen atoms in total. The van der Waals surface area contributed by atoms with Crippen LogP contribution in [0.25, 0.3) is 0 Å². The Morgan fingerprint density at radius 1 is 0.896 bits per heavy atom. The summed E-state index contributed by atoms with van der Waals surface area (Å²) in [7, 11) is -4.24. The number of allylic oxidation sites excluding steroid dienone is 8. The minimum atomic E-state index is -4.24. The van der Waals surface area contributed by atoms with Crippen molar-refractivity contribution in [3.05, 3.63) is 106 Å². The van der Waals surface area contributed by atoms with Crippen LogP contribution in [0.3, 0.4) is 0 Å². The van der Waals surface area contributed by atoms with Gasteiger partial charge in [0.15, 0.2) is 5.71 Å². The molecule has 2 aliphatic heterocycles. The molecule has 0 saturated heterocycles. The Kier molecular flexibility index (Phi) is 16.2.